The molecule has 1 amide bonds. The molecule has 2 rings (SSSR count). The first-order valence-electron chi connectivity index (χ1n) is 6.58. The maximum absolute atomic E-state index is 12.1. The number of nitrogens with zero attached hydrogens (tertiary/aromatic N) is 2. The fourth-order valence-electron chi connectivity index (χ4n) is 2.29. The van der Waals surface area contributed by atoms with Crippen LogP contribution in [0.1, 0.15) is 18.4 Å². The third-order valence-corrected chi connectivity index (χ3v) is 4.71. The molecule has 0 bridgehead atoms. The summed E-state index contributed by atoms with van der Waals surface area (Å²) < 4.78 is 24.4. The van der Waals surface area contributed by atoms with Gasteiger partial charge < -0.3 is 5.32 Å². The third-order valence-electron chi connectivity index (χ3n) is 3.44. The van der Waals surface area contributed by atoms with Gasteiger partial charge in [-0.05, 0) is 30.5 Å². The van der Waals surface area contributed by atoms with Crippen LogP contribution in [0.15, 0.2) is 24.5 Å². The van der Waals surface area contributed by atoms with Gasteiger partial charge >= 0.3 is 0 Å². The molecular weight excluding hydrogens is 278 g/mol. The Morgan fingerprint density at radius 1 is 1.45 bits per heavy atom. The van der Waals surface area contributed by atoms with Crippen LogP contribution in [0.4, 0.5) is 0 Å². The topological polar surface area (TPSA) is 79.4 Å². The zero-order valence-corrected chi connectivity index (χ0v) is 12.3. The van der Waals surface area contributed by atoms with E-state index in [1.54, 1.807) is 12.4 Å². The van der Waals surface area contributed by atoms with Crippen molar-refractivity contribution < 1.29 is 13.2 Å². The number of hydrogen-bond donors (Lipinski definition) is 1. The Morgan fingerprint density at radius 2 is 2.15 bits per heavy atom. The lowest BCUT2D eigenvalue weighted by Crippen LogP contribution is -2.44. The summed E-state index contributed by atoms with van der Waals surface area (Å²) in [6, 6.07) is 3.67. The molecule has 0 aliphatic carbocycles. The molecule has 1 N–H and O–H groups in total. The normalized spacial score (nSPS) is 20.6. The monoisotopic (exact) mass is 297 g/mol. The number of sulfonamides is 1. The molecule has 1 atom stereocenters. The van der Waals surface area contributed by atoms with Gasteiger partial charge in [-0.2, -0.15) is 0 Å². The minimum Gasteiger partial charge on any atom is -0.352 e. The highest BCUT2D eigenvalue weighted by molar-refractivity contribution is 7.88. The molecule has 1 aromatic heterocycles. The molecule has 0 radical (unpaired) electrons. The van der Waals surface area contributed by atoms with Crippen molar-refractivity contribution in [1.29, 1.82) is 0 Å². The first-order valence-corrected chi connectivity index (χ1v) is 8.43. The van der Waals surface area contributed by atoms with E-state index in [0.29, 0.717) is 13.1 Å². The summed E-state index contributed by atoms with van der Waals surface area (Å²) in [7, 11) is -3.21. The van der Waals surface area contributed by atoms with E-state index in [2.05, 4.69) is 10.3 Å². The standard InChI is InChI=1S/C13H19N3O3S/c1-20(18,19)16-8-2-3-12(10-16)13(17)15-9-11-4-6-14-7-5-11/h4-7,12H,2-3,8-10H2,1H3,(H,15,17)/t12-/m1/s1. The number of pyridine rings is 1. The summed E-state index contributed by atoms with van der Waals surface area (Å²) >= 11 is 0. The van der Waals surface area contributed by atoms with Crippen LogP contribution < -0.4 is 5.32 Å². The second-order valence-corrected chi connectivity index (χ2v) is 7.02. The number of piperidine rings is 1. The molecule has 1 saturated heterocycles. The van der Waals surface area contributed by atoms with E-state index in [1.165, 1.54) is 10.6 Å². The Kier molecular flexibility index (Phi) is 4.72. The summed E-state index contributed by atoms with van der Waals surface area (Å²) in [5.74, 6) is -0.351. The van der Waals surface area contributed by atoms with E-state index >= 15 is 0 Å². The predicted molar refractivity (Wildman–Crippen MR) is 75.2 cm³/mol. The van der Waals surface area contributed by atoms with Crippen LogP contribution in [-0.4, -0.2) is 43.0 Å². The molecule has 6 nitrogen and oxygen atoms in total. The van der Waals surface area contributed by atoms with Crippen molar-refractivity contribution in [3.63, 3.8) is 0 Å². The van der Waals surface area contributed by atoms with Gasteiger partial charge in [0.1, 0.15) is 0 Å². The van der Waals surface area contributed by atoms with E-state index in [9.17, 15) is 13.2 Å². The zero-order valence-electron chi connectivity index (χ0n) is 11.4. The number of carbonyl (C=O) groups is 1. The molecule has 0 spiro atoms. The summed E-state index contributed by atoms with van der Waals surface area (Å²) in [6.45, 7) is 1.23. The molecule has 0 aromatic carbocycles. The van der Waals surface area contributed by atoms with E-state index in [-0.39, 0.29) is 18.4 Å². The molecule has 110 valence electrons. The lowest BCUT2D eigenvalue weighted by Gasteiger charge is -2.30. The number of aromatic nitrogens is 1. The molecule has 1 aliphatic rings. The fraction of sp³-hybridized carbons (Fsp3) is 0.538. The second kappa shape index (κ2) is 6.32. The van der Waals surface area contributed by atoms with Gasteiger partial charge in [-0.25, -0.2) is 12.7 Å². The van der Waals surface area contributed by atoms with Gasteiger partial charge in [0.15, 0.2) is 0 Å². The smallest absolute Gasteiger partial charge is 0.224 e. The Hall–Kier alpha value is -1.47. The quantitative estimate of drug-likeness (QED) is 0.871. The van der Waals surface area contributed by atoms with Crippen molar-refractivity contribution in [2.45, 2.75) is 19.4 Å². The molecular formula is C13H19N3O3S. The molecule has 0 unspecified atom stereocenters. The van der Waals surface area contributed by atoms with Gasteiger partial charge in [0, 0.05) is 32.0 Å². The number of amides is 1. The van der Waals surface area contributed by atoms with Crippen molar-refractivity contribution in [3.05, 3.63) is 30.1 Å². The highest BCUT2D eigenvalue weighted by Gasteiger charge is 2.29. The van der Waals surface area contributed by atoms with Gasteiger partial charge in [0.2, 0.25) is 15.9 Å². The largest absolute Gasteiger partial charge is 0.352 e. The van der Waals surface area contributed by atoms with Crippen LogP contribution in [0.3, 0.4) is 0 Å². The highest BCUT2D eigenvalue weighted by atomic mass is 32.2. The first-order chi connectivity index (χ1) is 9.47. The minimum absolute atomic E-state index is 0.0878. The number of nitrogens with one attached hydrogen (secondary N) is 1. The summed E-state index contributed by atoms with van der Waals surface area (Å²) in [4.78, 5) is 16.0. The van der Waals surface area contributed by atoms with Crippen LogP contribution in [0, 0.1) is 5.92 Å². The van der Waals surface area contributed by atoms with Crippen molar-refractivity contribution in [2.24, 2.45) is 5.92 Å². The lowest BCUT2D eigenvalue weighted by atomic mass is 9.99. The maximum Gasteiger partial charge on any atom is 0.224 e. The zero-order chi connectivity index (χ0) is 14.6. The van der Waals surface area contributed by atoms with Crippen LogP contribution in [0.25, 0.3) is 0 Å². The van der Waals surface area contributed by atoms with Crippen LogP contribution in [-0.2, 0) is 21.4 Å². The van der Waals surface area contributed by atoms with E-state index < -0.39 is 10.0 Å². The Balaban J connectivity index is 1.89. The van der Waals surface area contributed by atoms with Crippen LogP contribution >= 0.6 is 0 Å². The Labute approximate surface area is 119 Å². The summed E-state index contributed by atoms with van der Waals surface area (Å²) in [5.41, 5.74) is 0.976. The van der Waals surface area contributed by atoms with E-state index in [0.717, 1.165) is 18.4 Å². The average Bonchev–Trinajstić information content (AvgIpc) is 2.45. The lowest BCUT2D eigenvalue weighted by molar-refractivity contribution is -0.126. The second-order valence-electron chi connectivity index (χ2n) is 5.03. The first kappa shape index (κ1) is 14.9. The molecule has 1 fully saturated rings. The van der Waals surface area contributed by atoms with E-state index in [1.807, 2.05) is 12.1 Å². The van der Waals surface area contributed by atoms with Crippen molar-refractivity contribution in [1.82, 2.24) is 14.6 Å². The maximum atomic E-state index is 12.1. The predicted octanol–water partition coefficient (Wildman–Crippen LogP) is 0.369. The highest BCUT2D eigenvalue weighted by Crippen LogP contribution is 2.18. The Morgan fingerprint density at radius 3 is 2.80 bits per heavy atom. The molecule has 2 heterocycles. The molecule has 7 heteroatoms. The van der Waals surface area contributed by atoms with Gasteiger partial charge in [-0.1, -0.05) is 0 Å². The molecule has 1 aliphatic heterocycles. The third kappa shape index (κ3) is 4.01. The number of hydrogen-bond acceptors (Lipinski definition) is 4. The fourth-order valence-corrected chi connectivity index (χ4v) is 3.20. The SMILES string of the molecule is CS(=O)(=O)N1CCC[C@@H](C(=O)NCc2ccncc2)C1. The minimum atomic E-state index is -3.21. The van der Waals surface area contributed by atoms with Crippen molar-refractivity contribution >= 4 is 15.9 Å². The van der Waals surface area contributed by atoms with Crippen molar-refractivity contribution in [2.75, 3.05) is 19.3 Å². The molecule has 1 aromatic rings. The number of carbonyl (C=O) groups excluding carboxylic acids is 1. The van der Waals surface area contributed by atoms with Crippen LogP contribution in [0.2, 0.25) is 0 Å². The molecule has 0 saturated carbocycles. The van der Waals surface area contributed by atoms with Crippen LogP contribution in [0.5, 0.6) is 0 Å². The average molecular weight is 297 g/mol. The van der Waals surface area contributed by atoms with Gasteiger partial charge in [-0.3, -0.25) is 9.78 Å². The number of rotatable bonds is 4. The Bertz CT molecular complexity index is 559. The van der Waals surface area contributed by atoms with Gasteiger partial charge in [0.05, 0.1) is 12.2 Å². The van der Waals surface area contributed by atoms with Gasteiger partial charge in [-0.15, -0.1) is 0 Å². The molecule has 20 heavy (non-hydrogen) atoms. The van der Waals surface area contributed by atoms with Crippen molar-refractivity contribution in [3.8, 4) is 0 Å². The summed E-state index contributed by atoms with van der Waals surface area (Å²) in [6.07, 6.45) is 5.99. The van der Waals surface area contributed by atoms with Gasteiger partial charge in [0.25, 0.3) is 0 Å². The van der Waals surface area contributed by atoms with E-state index in [4.69, 9.17) is 0 Å². The summed E-state index contributed by atoms with van der Waals surface area (Å²) in [5, 5.41) is 2.85.